The molecule has 15 nitrogen and oxygen atoms in total. The van der Waals surface area contributed by atoms with Crippen molar-refractivity contribution < 1.29 is 72.1 Å². The minimum atomic E-state index is -1.81. The third-order valence-corrected chi connectivity index (χ3v) is 4.98. The van der Waals surface area contributed by atoms with Crippen molar-refractivity contribution in [3.63, 3.8) is 0 Å². The van der Waals surface area contributed by atoms with E-state index in [0.29, 0.717) is 0 Å². The van der Waals surface area contributed by atoms with E-state index < -0.39 is 91.8 Å². The minimum Gasteiger partial charge on any atom is -0.463 e. The molecule has 2 heterocycles. The van der Waals surface area contributed by atoms with Crippen LogP contribution in [-0.4, -0.2) is 109 Å². The summed E-state index contributed by atoms with van der Waals surface area (Å²) in [6, 6.07) is 0. The van der Waals surface area contributed by atoms with Crippen molar-refractivity contribution in [2.45, 2.75) is 89.9 Å². The van der Waals surface area contributed by atoms with Gasteiger partial charge in [-0.05, 0) is 0 Å². The molecule has 0 spiro atoms. The predicted molar refractivity (Wildman–Crippen MR) is 110 cm³/mol. The summed E-state index contributed by atoms with van der Waals surface area (Å²) in [5, 5.41) is 21.3. The van der Waals surface area contributed by atoms with Gasteiger partial charge in [-0.3, -0.25) is 24.0 Å². The summed E-state index contributed by atoms with van der Waals surface area (Å²) in [5.41, 5.74) is 0. The molecule has 0 saturated carbocycles. The molecule has 0 aromatic rings. The van der Waals surface area contributed by atoms with Crippen molar-refractivity contribution in [2.75, 3.05) is 13.2 Å². The van der Waals surface area contributed by atoms with Crippen LogP contribution < -0.4 is 0 Å². The lowest BCUT2D eigenvalue weighted by Gasteiger charge is -2.46. The maximum atomic E-state index is 11.7. The lowest BCUT2D eigenvalue weighted by Crippen LogP contribution is -2.65. The van der Waals surface area contributed by atoms with E-state index in [1.54, 1.807) is 0 Å². The molecule has 0 radical (unpaired) electrons. The minimum absolute atomic E-state index is 0.341. The second-order valence-electron chi connectivity index (χ2n) is 8.03. The number of carbonyl (C=O) groups excluding carboxylic acids is 5. The van der Waals surface area contributed by atoms with Gasteiger partial charge in [0.2, 0.25) is 0 Å². The van der Waals surface area contributed by atoms with Gasteiger partial charge in [0.1, 0.15) is 18.8 Å². The predicted octanol–water partition coefficient (Wildman–Crippen LogP) is -1.90. The SMILES string of the molecule is CC(=O)OC[C@H]1O[C@@H](O[C@@H]2[C@@H](OC(C)=O)[C@H](OC(C)=O)CO[C@H]2O)[C@H](O)[C@@H](OC(C)=O)[C@H]1OC(C)=O. The van der Waals surface area contributed by atoms with Crippen LogP contribution in [0.15, 0.2) is 0 Å². The van der Waals surface area contributed by atoms with Crippen LogP contribution in [0, 0.1) is 0 Å². The van der Waals surface area contributed by atoms with E-state index in [9.17, 15) is 34.2 Å². The highest BCUT2D eigenvalue weighted by molar-refractivity contribution is 5.68. The first-order valence-corrected chi connectivity index (χ1v) is 10.9. The molecule has 2 fully saturated rings. The third-order valence-electron chi connectivity index (χ3n) is 4.98. The fraction of sp³-hybridized carbons (Fsp3) is 0.762. The Hall–Kier alpha value is -2.85. The van der Waals surface area contributed by atoms with Crippen LogP contribution >= 0.6 is 0 Å². The van der Waals surface area contributed by atoms with Crippen LogP contribution in [0.25, 0.3) is 0 Å². The number of hydrogen-bond donors (Lipinski definition) is 2. The summed E-state index contributed by atoms with van der Waals surface area (Å²) in [7, 11) is 0. The summed E-state index contributed by atoms with van der Waals surface area (Å²) in [6.45, 7) is 4.57. The van der Waals surface area contributed by atoms with E-state index in [-0.39, 0.29) is 6.61 Å². The molecule has 2 rings (SSSR count). The molecular formula is C21H30O15. The molecule has 0 aromatic heterocycles. The largest absolute Gasteiger partial charge is 0.463 e. The van der Waals surface area contributed by atoms with Gasteiger partial charge in [0, 0.05) is 34.6 Å². The lowest BCUT2D eigenvalue weighted by molar-refractivity contribution is -0.353. The van der Waals surface area contributed by atoms with Crippen molar-refractivity contribution in [1.29, 1.82) is 0 Å². The molecule has 0 amide bonds. The Bertz CT molecular complexity index is 828. The molecule has 204 valence electrons. The second kappa shape index (κ2) is 12.9. The van der Waals surface area contributed by atoms with Gasteiger partial charge in [0.05, 0.1) is 6.61 Å². The van der Waals surface area contributed by atoms with E-state index in [0.717, 1.165) is 34.6 Å². The average Bonchev–Trinajstić information content (AvgIpc) is 2.74. The summed E-state index contributed by atoms with van der Waals surface area (Å²) in [4.78, 5) is 57.9. The zero-order valence-electron chi connectivity index (χ0n) is 20.3. The number of carbonyl (C=O) groups is 5. The van der Waals surface area contributed by atoms with Gasteiger partial charge in [-0.25, -0.2) is 0 Å². The summed E-state index contributed by atoms with van der Waals surface area (Å²) >= 11 is 0. The molecule has 0 bridgehead atoms. The number of rotatable bonds is 8. The van der Waals surface area contributed by atoms with Gasteiger partial charge in [0.25, 0.3) is 0 Å². The maximum Gasteiger partial charge on any atom is 0.303 e. The number of esters is 5. The summed E-state index contributed by atoms with van der Waals surface area (Å²) in [5.74, 6) is -3.90. The summed E-state index contributed by atoms with van der Waals surface area (Å²) in [6.07, 6.45) is -13.7. The molecule has 9 atom stereocenters. The van der Waals surface area contributed by atoms with Crippen LogP contribution in [-0.2, 0) is 61.9 Å². The topological polar surface area (TPSA) is 200 Å². The van der Waals surface area contributed by atoms with Crippen molar-refractivity contribution in [3.8, 4) is 0 Å². The molecule has 0 aromatic carbocycles. The molecule has 2 saturated heterocycles. The molecule has 0 unspecified atom stereocenters. The van der Waals surface area contributed by atoms with Gasteiger partial charge in [-0.15, -0.1) is 0 Å². The standard InChI is InChI=1S/C21H30O15/c1-8(22)29-6-14-16(32-10(3)24)18(34-12(5)26)15(27)21(35-14)36-19-17(33-11(4)25)13(31-9(2)23)7-30-20(19)28/h13-21,27-28H,6-7H2,1-5H3/t13-,14-,15-,16+,17+,18-,19-,20-,21+/m1/s1. The van der Waals surface area contributed by atoms with Crippen LogP contribution in [0.3, 0.4) is 0 Å². The van der Waals surface area contributed by atoms with E-state index in [4.69, 9.17) is 37.9 Å². The third kappa shape index (κ3) is 8.09. The van der Waals surface area contributed by atoms with E-state index in [2.05, 4.69) is 0 Å². The van der Waals surface area contributed by atoms with Crippen molar-refractivity contribution in [2.24, 2.45) is 0 Å². The zero-order valence-corrected chi connectivity index (χ0v) is 20.3. The Morgan fingerprint density at radius 3 is 1.78 bits per heavy atom. The van der Waals surface area contributed by atoms with Crippen molar-refractivity contribution >= 4 is 29.8 Å². The fourth-order valence-corrected chi connectivity index (χ4v) is 3.71. The smallest absolute Gasteiger partial charge is 0.303 e. The van der Waals surface area contributed by atoms with Crippen LogP contribution in [0.5, 0.6) is 0 Å². The van der Waals surface area contributed by atoms with E-state index in [1.165, 1.54) is 0 Å². The monoisotopic (exact) mass is 522 g/mol. The Morgan fingerprint density at radius 2 is 1.25 bits per heavy atom. The molecule has 2 N–H and O–H groups in total. The van der Waals surface area contributed by atoms with Crippen molar-refractivity contribution in [3.05, 3.63) is 0 Å². The van der Waals surface area contributed by atoms with E-state index in [1.807, 2.05) is 0 Å². The van der Waals surface area contributed by atoms with Gasteiger partial charge >= 0.3 is 29.8 Å². The van der Waals surface area contributed by atoms with Crippen LogP contribution in [0.2, 0.25) is 0 Å². The highest BCUT2D eigenvalue weighted by Gasteiger charge is 2.53. The number of hydrogen-bond acceptors (Lipinski definition) is 15. The molecular weight excluding hydrogens is 492 g/mol. The first-order valence-electron chi connectivity index (χ1n) is 10.9. The highest BCUT2D eigenvalue weighted by atomic mass is 16.8. The van der Waals surface area contributed by atoms with Crippen molar-refractivity contribution in [1.82, 2.24) is 0 Å². The molecule has 15 heteroatoms. The van der Waals surface area contributed by atoms with Gasteiger partial charge in [-0.1, -0.05) is 0 Å². The average molecular weight is 522 g/mol. The number of ether oxygens (including phenoxy) is 8. The normalized spacial score (nSPS) is 34.1. The van der Waals surface area contributed by atoms with Gasteiger partial charge < -0.3 is 48.1 Å². The Balaban J connectivity index is 2.38. The lowest BCUT2D eigenvalue weighted by atomic mass is 9.98. The molecule has 36 heavy (non-hydrogen) atoms. The Morgan fingerprint density at radius 1 is 0.722 bits per heavy atom. The maximum absolute atomic E-state index is 11.7. The van der Waals surface area contributed by atoms with Crippen LogP contribution in [0.4, 0.5) is 0 Å². The number of aliphatic hydroxyl groups is 2. The number of aliphatic hydroxyl groups excluding tert-OH is 2. The zero-order chi connectivity index (χ0) is 27.2. The highest BCUT2D eigenvalue weighted by Crippen LogP contribution is 2.31. The first kappa shape index (κ1) is 29.4. The van der Waals surface area contributed by atoms with Crippen LogP contribution in [0.1, 0.15) is 34.6 Å². The molecule has 2 aliphatic heterocycles. The second-order valence-corrected chi connectivity index (χ2v) is 8.03. The molecule has 0 aliphatic carbocycles. The Labute approximate surface area is 205 Å². The quantitative estimate of drug-likeness (QED) is 0.264. The Kier molecular flexibility index (Phi) is 10.5. The summed E-state index contributed by atoms with van der Waals surface area (Å²) < 4.78 is 42.1. The van der Waals surface area contributed by atoms with Gasteiger partial charge in [-0.2, -0.15) is 0 Å². The fourth-order valence-electron chi connectivity index (χ4n) is 3.71. The first-order chi connectivity index (χ1) is 16.8. The van der Waals surface area contributed by atoms with E-state index >= 15 is 0 Å². The van der Waals surface area contributed by atoms with Gasteiger partial charge in [0.15, 0.2) is 43.1 Å². The molecule has 2 aliphatic rings.